The van der Waals surface area contributed by atoms with Crippen LogP contribution in [0.25, 0.3) is 0 Å². The molecule has 0 amide bonds. The number of hydrogen-bond acceptors (Lipinski definition) is 2. The third-order valence-corrected chi connectivity index (χ3v) is 5.00. The van der Waals surface area contributed by atoms with Crippen LogP contribution in [-0.4, -0.2) is 13.0 Å². The molecule has 0 aliphatic rings. The van der Waals surface area contributed by atoms with Gasteiger partial charge in [-0.3, -0.25) is 4.55 Å². The van der Waals surface area contributed by atoms with Gasteiger partial charge in [-0.2, -0.15) is 8.42 Å². The summed E-state index contributed by atoms with van der Waals surface area (Å²) in [6.45, 7) is 2.24. The maximum absolute atomic E-state index is 11.3. The topological polar surface area (TPSA) is 54.4 Å². The SMILES string of the molecule is CCCCCCCCCCCCc1ccccc1S(=O)(=O)O.[Cl-].[Cl-].[Pd+2]. The molecule has 0 bridgehead atoms. The van der Waals surface area contributed by atoms with Crippen LogP contribution in [0.1, 0.15) is 76.7 Å². The van der Waals surface area contributed by atoms with Crippen LogP contribution >= 0.6 is 0 Å². The second-order valence-corrected chi connectivity index (χ2v) is 7.40. The Hall–Kier alpha value is 0.372. The van der Waals surface area contributed by atoms with Crippen LogP contribution in [0.15, 0.2) is 29.2 Å². The van der Waals surface area contributed by atoms with Crippen molar-refractivity contribution in [1.82, 2.24) is 0 Å². The van der Waals surface area contributed by atoms with Gasteiger partial charge in [0.2, 0.25) is 0 Å². The largest absolute Gasteiger partial charge is 2.00 e. The van der Waals surface area contributed by atoms with Crippen LogP contribution in [0, 0.1) is 0 Å². The molecule has 0 heterocycles. The summed E-state index contributed by atoms with van der Waals surface area (Å²) in [5.74, 6) is 0. The van der Waals surface area contributed by atoms with Gasteiger partial charge in [0.05, 0.1) is 4.90 Å². The summed E-state index contributed by atoms with van der Waals surface area (Å²) in [5, 5.41) is 0. The summed E-state index contributed by atoms with van der Waals surface area (Å²) >= 11 is 0. The summed E-state index contributed by atoms with van der Waals surface area (Å²) in [4.78, 5) is 0.0610. The molecule has 0 atom stereocenters. The van der Waals surface area contributed by atoms with Crippen molar-refractivity contribution in [3.8, 4) is 0 Å². The van der Waals surface area contributed by atoms with E-state index in [0.29, 0.717) is 6.42 Å². The predicted octanol–water partition coefficient (Wildman–Crippen LogP) is -0.598. The summed E-state index contributed by atoms with van der Waals surface area (Å²) < 4.78 is 31.8. The Balaban J connectivity index is -0.00000161. The summed E-state index contributed by atoms with van der Waals surface area (Å²) in [5.41, 5.74) is 0.726. The van der Waals surface area contributed by atoms with Crippen molar-refractivity contribution < 1.29 is 58.2 Å². The Morgan fingerprint density at radius 3 is 1.72 bits per heavy atom. The van der Waals surface area contributed by atoms with Crippen LogP contribution < -0.4 is 24.8 Å². The molecular weight excluding hydrogens is 474 g/mol. The number of aryl methyl sites for hydroxylation is 1. The average molecular weight is 504 g/mol. The molecule has 1 aromatic carbocycles. The van der Waals surface area contributed by atoms with Gasteiger partial charge in [-0.25, -0.2) is 0 Å². The molecule has 1 N–H and O–H groups in total. The zero-order valence-corrected chi connectivity index (χ0v) is 18.7. The van der Waals surface area contributed by atoms with E-state index in [1.54, 1.807) is 12.1 Å². The van der Waals surface area contributed by atoms with E-state index in [1.807, 2.05) is 6.07 Å². The monoisotopic (exact) mass is 502 g/mol. The van der Waals surface area contributed by atoms with Crippen molar-refractivity contribution in [3.63, 3.8) is 0 Å². The summed E-state index contributed by atoms with van der Waals surface area (Å²) in [7, 11) is -4.10. The van der Waals surface area contributed by atoms with E-state index in [-0.39, 0.29) is 50.1 Å². The molecule has 0 aliphatic heterocycles. The molecule has 0 radical (unpaired) electrons. The molecule has 25 heavy (non-hydrogen) atoms. The number of benzene rings is 1. The van der Waals surface area contributed by atoms with E-state index in [4.69, 9.17) is 0 Å². The van der Waals surface area contributed by atoms with Crippen molar-refractivity contribution in [1.29, 1.82) is 0 Å². The molecule has 0 aliphatic carbocycles. The van der Waals surface area contributed by atoms with E-state index in [1.165, 1.54) is 57.4 Å². The first-order valence-electron chi connectivity index (χ1n) is 8.61. The van der Waals surface area contributed by atoms with Gasteiger partial charge in [0, 0.05) is 0 Å². The van der Waals surface area contributed by atoms with Gasteiger partial charge in [-0.05, 0) is 24.5 Å². The fourth-order valence-corrected chi connectivity index (χ4v) is 3.52. The van der Waals surface area contributed by atoms with Crippen LogP contribution in [0.5, 0.6) is 0 Å². The predicted molar refractivity (Wildman–Crippen MR) is 91.8 cm³/mol. The Labute approximate surface area is 180 Å². The molecule has 0 aromatic heterocycles. The smallest absolute Gasteiger partial charge is 1.00 e. The number of halogens is 2. The Morgan fingerprint density at radius 2 is 1.24 bits per heavy atom. The molecule has 0 spiro atoms. The first-order chi connectivity index (χ1) is 10.6. The fraction of sp³-hybridized carbons (Fsp3) is 0.667. The zero-order chi connectivity index (χ0) is 16.3. The summed E-state index contributed by atoms with van der Waals surface area (Å²) in [6, 6.07) is 6.73. The van der Waals surface area contributed by atoms with Crippen LogP contribution in [0.2, 0.25) is 0 Å². The zero-order valence-electron chi connectivity index (χ0n) is 14.8. The molecule has 0 fully saturated rings. The first-order valence-corrected chi connectivity index (χ1v) is 10.0. The number of unbranched alkanes of at least 4 members (excludes halogenated alkanes) is 9. The molecular formula is C18H30Cl2O3PdS. The van der Waals surface area contributed by atoms with Gasteiger partial charge in [0.25, 0.3) is 10.1 Å². The second kappa shape index (κ2) is 17.8. The Morgan fingerprint density at radius 1 is 0.800 bits per heavy atom. The molecule has 3 nitrogen and oxygen atoms in total. The number of rotatable bonds is 12. The van der Waals surface area contributed by atoms with Gasteiger partial charge in [-0.1, -0.05) is 82.9 Å². The standard InChI is InChI=1S/C18H30O3S.2ClH.Pd/c1-2-3-4-5-6-7-8-9-10-11-14-17-15-12-13-16-18(17)22(19,20)21;;;/h12-13,15-16H,2-11,14H2,1H3,(H,19,20,21);2*1H;/q;;;+2/p-2. The van der Waals surface area contributed by atoms with Crippen LogP contribution in [-0.2, 0) is 37.0 Å². The number of hydrogen-bond donors (Lipinski definition) is 1. The summed E-state index contributed by atoms with van der Waals surface area (Å²) in [6.07, 6.45) is 13.3. The third-order valence-electron chi connectivity index (χ3n) is 4.05. The molecule has 0 saturated heterocycles. The van der Waals surface area contributed by atoms with Gasteiger partial charge >= 0.3 is 20.4 Å². The average Bonchev–Trinajstić information content (AvgIpc) is 2.48. The normalized spacial score (nSPS) is 10.3. The van der Waals surface area contributed by atoms with Crippen molar-refractivity contribution in [2.45, 2.75) is 82.4 Å². The van der Waals surface area contributed by atoms with E-state index < -0.39 is 10.1 Å². The molecule has 150 valence electrons. The molecule has 1 aromatic rings. The van der Waals surface area contributed by atoms with Crippen molar-refractivity contribution >= 4 is 10.1 Å². The van der Waals surface area contributed by atoms with E-state index in [9.17, 15) is 13.0 Å². The third kappa shape index (κ3) is 14.1. The van der Waals surface area contributed by atoms with Gasteiger partial charge < -0.3 is 24.8 Å². The minimum Gasteiger partial charge on any atom is -1.00 e. The molecule has 0 saturated carbocycles. The maximum Gasteiger partial charge on any atom is 2.00 e. The van der Waals surface area contributed by atoms with Gasteiger partial charge in [-0.15, -0.1) is 0 Å². The fourth-order valence-electron chi connectivity index (χ4n) is 2.76. The second-order valence-electron chi connectivity index (χ2n) is 6.01. The molecule has 0 unspecified atom stereocenters. The Bertz CT molecular complexity index is 525. The van der Waals surface area contributed by atoms with Crippen LogP contribution in [0.4, 0.5) is 0 Å². The Kier molecular flexibility index (Phi) is 21.4. The van der Waals surface area contributed by atoms with Crippen molar-refractivity contribution in [2.24, 2.45) is 0 Å². The minimum atomic E-state index is -4.10. The van der Waals surface area contributed by atoms with Gasteiger partial charge in [0.1, 0.15) is 0 Å². The van der Waals surface area contributed by atoms with Crippen LogP contribution in [0.3, 0.4) is 0 Å². The first kappa shape index (κ1) is 30.1. The van der Waals surface area contributed by atoms with Crippen molar-refractivity contribution in [3.05, 3.63) is 29.8 Å². The van der Waals surface area contributed by atoms with Gasteiger partial charge in [0.15, 0.2) is 0 Å². The minimum absolute atomic E-state index is 0. The molecule has 1 rings (SSSR count). The molecule has 7 heteroatoms. The quantitative estimate of drug-likeness (QED) is 0.236. The van der Waals surface area contributed by atoms with E-state index >= 15 is 0 Å². The van der Waals surface area contributed by atoms with Crippen molar-refractivity contribution in [2.75, 3.05) is 0 Å². The van der Waals surface area contributed by atoms with E-state index in [0.717, 1.165) is 18.4 Å². The maximum atomic E-state index is 11.3. The van der Waals surface area contributed by atoms with E-state index in [2.05, 4.69) is 6.92 Å².